The molecule has 1 aromatic carbocycles. The van der Waals surface area contributed by atoms with E-state index in [-0.39, 0.29) is 12.5 Å². The van der Waals surface area contributed by atoms with Crippen LogP contribution < -0.4 is 10.6 Å². The average molecular weight is 349 g/mol. The third-order valence-corrected chi connectivity index (χ3v) is 3.56. The van der Waals surface area contributed by atoms with E-state index >= 15 is 0 Å². The van der Waals surface area contributed by atoms with Gasteiger partial charge < -0.3 is 20.3 Å². The summed E-state index contributed by atoms with van der Waals surface area (Å²) in [6.07, 6.45) is -0.708. The van der Waals surface area contributed by atoms with Crippen molar-refractivity contribution < 1.29 is 19.1 Å². The van der Waals surface area contributed by atoms with Gasteiger partial charge in [0.1, 0.15) is 17.7 Å². The van der Waals surface area contributed by atoms with E-state index in [1.54, 1.807) is 41.8 Å². The van der Waals surface area contributed by atoms with E-state index in [9.17, 15) is 14.4 Å². The van der Waals surface area contributed by atoms with Crippen LogP contribution in [0.15, 0.2) is 30.3 Å². The molecule has 0 bridgehead atoms. The molecule has 0 heterocycles. The quantitative estimate of drug-likeness (QED) is 0.818. The van der Waals surface area contributed by atoms with Crippen molar-refractivity contribution >= 4 is 17.9 Å². The molecule has 2 N–H and O–H groups in total. The second kappa shape index (κ2) is 8.00. The first-order chi connectivity index (χ1) is 11.5. The summed E-state index contributed by atoms with van der Waals surface area (Å²) in [5.41, 5.74) is -1.48. The minimum absolute atomic E-state index is 0.106. The molecular weight excluding hydrogens is 322 g/mol. The summed E-state index contributed by atoms with van der Waals surface area (Å²) >= 11 is 0. The molecule has 0 spiro atoms. The highest BCUT2D eigenvalue weighted by molar-refractivity contribution is 5.95. The molecule has 0 saturated heterocycles. The van der Waals surface area contributed by atoms with Crippen molar-refractivity contribution in [2.75, 3.05) is 14.1 Å². The number of hydrogen-bond donors (Lipinski definition) is 2. The Morgan fingerprint density at radius 1 is 0.960 bits per heavy atom. The summed E-state index contributed by atoms with van der Waals surface area (Å²) in [6.45, 7) is 6.41. The van der Waals surface area contributed by atoms with Crippen molar-refractivity contribution in [1.82, 2.24) is 15.5 Å². The predicted octanol–water partition coefficient (Wildman–Crippen LogP) is 1.67. The zero-order chi connectivity index (χ0) is 19.3. The Hall–Kier alpha value is -2.57. The standard InChI is InChI=1S/C18H27N3O4/c1-17(2,14(22)19-18(3,4)15(23)21(5)6)20-16(24)25-12-13-10-8-7-9-11-13/h7-11H,12H2,1-6H3,(H,19,22)(H,20,24). The maximum absolute atomic E-state index is 12.5. The largest absolute Gasteiger partial charge is 0.445 e. The van der Waals surface area contributed by atoms with E-state index in [0.29, 0.717) is 0 Å². The van der Waals surface area contributed by atoms with E-state index in [1.807, 2.05) is 30.3 Å². The van der Waals surface area contributed by atoms with Gasteiger partial charge in [-0.25, -0.2) is 4.79 Å². The highest BCUT2D eigenvalue weighted by Gasteiger charge is 2.37. The topological polar surface area (TPSA) is 87.7 Å². The molecule has 0 aliphatic rings. The van der Waals surface area contributed by atoms with Gasteiger partial charge in [-0.05, 0) is 33.3 Å². The van der Waals surface area contributed by atoms with Crippen molar-refractivity contribution in [3.63, 3.8) is 0 Å². The van der Waals surface area contributed by atoms with Crippen molar-refractivity contribution in [1.29, 1.82) is 0 Å². The van der Waals surface area contributed by atoms with Crippen LogP contribution in [0.1, 0.15) is 33.3 Å². The van der Waals surface area contributed by atoms with E-state index in [4.69, 9.17) is 4.74 Å². The second-order valence-corrected chi connectivity index (χ2v) is 7.09. The number of hydrogen-bond acceptors (Lipinski definition) is 4. The fourth-order valence-corrected chi connectivity index (χ4v) is 2.12. The monoisotopic (exact) mass is 349 g/mol. The van der Waals surface area contributed by atoms with Gasteiger partial charge in [0.2, 0.25) is 11.8 Å². The molecular formula is C18H27N3O4. The van der Waals surface area contributed by atoms with Gasteiger partial charge in [0, 0.05) is 14.1 Å². The van der Waals surface area contributed by atoms with Gasteiger partial charge in [-0.3, -0.25) is 9.59 Å². The third kappa shape index (κ3) is 6.10. The summed E-state index contributed by atoms with van der Waals surface area (Å²) in [6, 6.07) is 9.23. The summed E-state index contributed by atoms with van der Waals surface area (Å²) < 4.78 is 5.12. The van der Waals surface area contributed by atoms with Crippen LogP contribution >= 0.6 is 0 Å². The number of nitrogens with zero attached hydrogens (tertiary/aromatic N) is 1. The molecule has 7 heteroatoms. The normalized spacial score (nSPS) is 11.4. The molecule has 0 aromatic heterocycles. The minimum atomic E-state index is -1.24. The van der Waals surface area contributed by atoms with E-state index < -0.39 is 23.1 Å². The van der Waals surface area contributed by atoms with Gasteiger partial charge in [-0.15, -0.1) is 0 Å². The Morgan fingerprint density at radius 2 is 1.52 bits per heavy atom. The summed E-state index contributed by atoms with van der Waals surface area (Å²) in [5, 5.41) is 5.18. The van der Waals surface area contributed by atoms with E-state index in [0.717, 1.165) is 5.56 Å². The fraction of sp³-hybridized carbons (Fsp3) is 0.500. The highest BCUT2D eigenvalue weighted by atomic mass is 16.5. The van der Waals surface area contributed by atoms with Gasteiger partial charge in [-0.2, -0.15) is 0 Å². The fourth-order valence-electron chi connectivity index (χ4n) is 2.12. The number of alkyl carbamates (subject to hydrolysis) is 1. The van der Waals surface area contributed by atoms with Crippen molar-refractivity contribution in [2.45, 2.75) is 45.4 Å². The predicted molar refractivity (Wildman–Crippen MR) is 94.8 cm³/mol. The van der Waals surface area contributed by atoms with E-state index in [2.05, 4.69) is 10.6 Å². The minimum Gasteiger partial charge on any atom is -0.445 e. The molecule has 25 heavy (non-hydrogen) atoms. The van der Waals surface area contributed by atoms with Crippen LogP contribution in [0.5, 0.6) is 0 Å². The van der Waals surface area contributed by atoms with Crippen LogP contribution in [0.2, 0.25) is 0 Å². The first kappa shape index (κ1) is 20.5. The lowest BCUT2D eigenvalue weighted by molar-refractivity contribution is -0.139. The summed E-state index contributed by atoms with van der Waals surface area (Å²) in [4.78, 5) is 37.9. The Morgan fingerprint density at radius 3 is 2.04 bits per heavy atom. The number of likely N-dealkylation sites (N-methyl/N-ethyl adjacent to an activating group) is 1. The first-order valence-corrected chi connectivity index (χ1v) is 7.99. The van der Waals surface area contributed by atoms with Crippen LogP contribution in [0.3, 0.4) is 0 Å². The molecule has 0 saturated carbocycles. The Labute approximate surface area is 148 Å². The van der Waals surface area contributed by atoms with Crippen molar-refractivity contribution in [2.24, 2.45) is 0 Å². The number of ether oxygens (including phenoxy) is 1. The van der Waals surface area contributed by atoms with Gasteiger partial charge in [0.05, 0.1) is 0 Å². The SMILES string of the molecule is CN(C)C(=O)C(C)(C)NC(=O)C(C)(C)NC(=O)OCc1ccccc1. The lowest BCUT2D eigenvalue weighted by atomic mass is 9.99. The number of rotatable bonds is 6. The Kier molecular flexibility index (Phi) is 6.55. The lowest BCUT2D eigenvalue weighted by Gasteiger charge is -2.32. The van der Waals surface area contributed by atoms with Gasteiger partial charge >= 0.3 is 6.09 Å². The van der Waals surface area contributed by atoms with Gasteiger partial charge in [0.15, 0.2) is 0 Å². The van der Waals surface area contributed by atoms with Crippen LogP contribution in [-0.2, 0) is 20.9 Å². The Balaban J connectivity index is 2.62. The smallest absolute Gasteiger partial charge is 0.408 e. The van der Waals surface area contributed by atoms with Crippen LogP contribution in [0.25, 0.3) is 0 Å². The van der Waals surface area contributed by atoms with Crippen molar-refractivity contribution in [3.05, 3.63) is 35.9 Å². The maximum Gasteiger partial charge on any atom is 0.408 e. The Bertz CT molecular complexity index is 624. The molecule has 1 rings (SSSR count). The van der Waals surface area contributed by atoms with Crippen LogP contribution in [-0.4, -0.2) is 48.0 Å². The number of nitrogens with one attached hydrogen (secondary N) is 2. The van der Waals surface area contributed by atoms with E-state index in [1.165, 1.54) is 4.90 Å². The second-order valence-electron chi connectivity index (χ2n) is 7.09. The lowest BCUT2D eigenvalue weighted by Crippen LogP contribution is -2.62. The molecule has 138 valence electrons. The molecule has 0 atom stereocenters. The third-order valence-electron chi connectivity index (χ3n) is 3.56. The van der Waals surface area contributed by atoms with Crippen molar-refractivity contribution in [3.8, 4) is 0 Å². The molecule has 0 aliphatic carbocycles. The molecule has 0 aliphatic heterocycles. The molecule has 0 fully saturated rings. The number of amides is 3. The molecule has 3 amide bonds. The van der Waals surface area contributed by atoms with Crippen LogP contribution in [0, 0.1) is 0 Å². The highest BCUT2D eigenvalue weighted by Crippen LogP contribution is 2.11. The number of benzene rings is 1. The average Bonchev–Trinajstić information content (AvgIpc) is 2.52. The molecule has 1 aromatic rings. The maximum atomic E-state index is 12.5. The first-order valence-electron chi connectivity index (χ1n) is 7.99. The van der Waals surface area contributed by atoms with Crippen LogP contribution in [0.4, 0.5) is 4.79 Å². The van der Waals surface area contributed by atoms with Gasteiger partial charge in [-0.1, -0.05) is 30.3 Å². The molecule has 0 unspecified atom stereocenters. The van der Waals surface area contributed by atoms with Gasteiger partial charge in [0.25, 0.3) is 0 Å². The zero-order valence-electron chi connectivity index (χ0n) is 15.7. The molecule has 7 nitrogen and oxygen atoms in total. The number of carbonyl (C=O) groups is 3. The molecule has 0 radical (unpaired) electrons. The number of carbonyl (C=O) groups excluding carboxylic acids is 3. The summed E-state index contributed by atoms with van der Waals surface area (Å²) in [5.74, 6) is -0.729. The summed E-state index contributed by atoms with van der Waals surface area (Å²) in [7, 11) is 3.22. The zero-order valence-corrected chi connectivity index (χ0v) is 15.7.